The molecule has 2 aliphatic rings. The first kappa shape index (κ1) is 19.6. The van der Waals surface area contributed by atoms with Crippen molar-refractivity contribution in [2.45, 2.75) is 12.1 Å². The van der Waals surface area contributed by atoms with E-state index >= 15 is 0 Å². The van der Waals surface area contributed by atoms with E-state index in [1.54, 1.807) is 0 Å². The van der Waals surface area contributed by atoms with Crippen molar-refractivity contribution in [3.8, 4) is 5.75 Å². The molecule has 35 heavy (non-hydrogen) atoms. The highest BCUT2D eigenvalue weighted by molar-refractivity contribution is 6.28. The third-order valence-corrected chi connectivity index (χ3v) is 6.60. The van der Waals surface area contributed by atoms with Crippen LogP contribution >= 0.6 is 0 Å². The first-order chi connectivity index (χ1) is 16.8. The fourth-order valence-electron chi connectivity index (χ4n) is 5.15. The molecular formula is C24H12F2N4O5. The van der Waals surface area contributed by atoms with Gasteiger partial charge in [0, 0.05) is 17.1 Å². The highest BCUT2D eigenvalue weighted by atomic mass is 19.1. The van der Waals surface area contributed by atoms with Crippen molar-refractivity contribution in [3.63, 3.8) is 0 Å². The van der Waals surface area contributed by atoms with Crippen molar-refractivity contribution in [3.05, 3.63) is 86.8 Å². The molecule has 2 bridgehead atoms. The number of furan rings is 2. The maximum absolute atomic E-state index is 14.4. The van der Waals surface area contributed by atoms with Crippen molar-refractivity contribution in [1.82, 2.24) is 15.1 Å². The Hall–Kier alpha value is -4.80. The average molecular weight is 474 g/mol. The molecule has 9 nitrogen and oxygen atoms in total. The maximum atomic E-state index is 14.4. The number of hydrogen-bond donors (Lipinski definition) is 3. The Labute approximate surface area is 192 Å². The Kier molecular flexibility index (Phi) is 3.60. The standard InChI is InChI=1S/C24H12F2N4O5/c25-9-3-1-8(2-4-9)18-20(19-15-11(22(32)29-28-19)5-10(26)6-12(15)27-18)30-23(33)16-14-7-13(31)21(35-14)17(16)24(30)34/h1-7,18,20,27,31H,(H,29,32). The zero-order valence-corrected chi connectivity index (χ0v) is 17.4. The van der Waals surface area contributed by atoms with Gasteiger partial charge >= 0.3 is 0 Å². The number of carbonyl (C=O) groups excluding carboxylic acids is 2. The number of nitrogens with one attached hydrogen (secondary N) is 2. The molecule has 3 aromatic heterocycles. The van der Waals surface area contributed by atoms with Gasteiger partial charge in [-0.15, -0.1) is 0 Å². The second-order valence-corrected chi connectivity index (χ2v) is 8.49. The van der Waals surface area contributed by atoms with E-state index in [0.717, 1.165) is 11.0 Å². The van der Waals surface area contributed by atoms with E-state index in [1.165, 1.54) is 36.4 Å². The van der Waals surface area contributed by atoms with E-state index in [4.69, 9.17) is 4.42 Å². The number of phenolic OH excluding ortho intramolecular Hbond substituents is 1. The first-order valence-corrected chi connectivity index (χ1v) is 10.5. The number of hydrogen-bond acceptors (Lipinski definition) is 7. The van der Waals surface area contributed by atoms with Crippen molar-refractivity contribution < 1.29 is 27.9 Å². The van der Waals surface area contributed by atoms with Gasteiger partial charge in [-0.25, -0.2) is 13.9 Å². The number of imide groups is 1. The van der Waals surface area contributed by atoms with Crippen LogP contribution in [-0.4, -0.2) is 32.0 Å². The zero-order valence-electron chi connectivity index (χ0n) is 17.4. The monoisotopic (exact) mass is 474 g/mol. The number of rotatable bonds is 2. The lowest BCUT2D eigenvalue weighted by molar-refractivity contribution is 0.0558. The summed E-state index contributed by atoms with van der Waals surface area (Å²) >= 11 is 0. The van der Waals surface area contributed by atoms with Crippen molar-refractivity contribution in [2.24, 2.45) is 0 Å². The molecule has 0 fully saturated rings. The molecule has 0 radical (unpaired) electrons. The molecule has 5 aromatic rings. The third kappa shape index (κ3) is 2.43. The quantitative estimate of drug-likeness (QED) is 0.334. The second kappa shape index (κ2) is 6.41. The normalized spacial score (nSPS) is 19.1. The molecule has 2 aliphatic heterocycles. The Bertz CT molecular complexity index is 1790. The largest absolute Gasteiger partial charge is 0.504 e. The van der Waals surface area contributed by atoms with Gasteiger partial charge in [0.05, 0.1) is 22.7 Å². The summed E-state index contributed by atoms with van der Waals surface area (Å²) in [5.41, 5.74) is 0.172. The maximum Gasteiger partial charge on any atom is 0.272 e. The molecule has 11 heteroatoms. The summed E-state index contributed by atoms with van der Waals surface area (Å²) in [7, 11) is 0. The van der Waals surface area contributed by atoms with Gasteiger partial charge in [0.25, 0.3) is 17.4 Å². The molecule has 2 aromatic carbocycles. The number of aromatic nitrogens is 2. The van der Waals surface area contributed by atoms with Crippen LogP contribution in [0.25, 0.3) is 21.9 Å². The summed E-state index contributed by atoms with van der Waals surface area (Å²) in [5, 5.41) is 19.9. The highest BCUT2D eigenvalue weighted by Gasteiger charge is 2.50. The predicted molar refractivity (Wildman–Crippen MR) is 117 cm³/mol. The van der Waals surface area contributed by atoms with Gasteiger partial charge < -0.3 is 14.8 Å². The summed E-state index contributed by atoms with van der Waals surface area (Å²) in [6.07, 6.45) is 0. The Morgan fingerprint density at radius 1 is 0.971 bits per heavy atom. The lowest BCUT2D eigenvalue weighted by Gasteiger charge is -2.38. The average Bonchev–Trinajstić information content (AvgIpc) is 3.46. The van der Waals surface area contributed by atoms with Gasteiger partial charge in [0.1, 0.15) is 28.8 Å². The number of anilines is 1. The molecule has 2 amide bonds. The van der Waals surface area contributed by atoms with Crippen LogP contribution in [0.3, 0.4) is 0 Å². The van der Waals surface area contributed by atoms with Gasteiger partial charge in [-0.2, -0.15) is 5.10 Å². The fourth-order valence-corrected chi connectivity index (χ4v) is 5.15. The van der Waals surface area contributed by atoms with Gasteiger partial charge in [-0.05, 0) is 29.8 Å². The number of carbonyl (C=O) groups is 2. The fraction of sp³-hybridized carbons (Fsp3) is 0.0833. The molecule has 3 N–H and O–H groups in total. The lowest BCUT2D eigenvalue weighted by Crippen LogP contribution is -2.42. The van der Waals surface area contributed by atoms with E-state index in [2.05, 4.69) is 15.5 Å². The van der Waals surface area contributed by atoms with Crippen molar-refractivity contribution in [2.75, 3.05) is 5.32 Å². The van der Waals surface area contributed by atoms with Crippen LogP contribution in [0.4, 0.5) is 14.5 Å². The number of H-pyrrole nitrogens is 1. The van der Waals surface area contributed by atoms with Crippen LogP contribution in [0.2, 0.25) is 0 Å². The Morgan fingerprint density at radius 2 is 1.71 bits per heavy atom. The Balaban J connectivity index is 1.50. The van der Waals surface area contributed by atoms with Crippen LogP contribution in [0.15, 0.2) is 51.7 Å². The van der Waals surface area contributed by atoms with Gasteiger partial charge in [0.2, 0.25) is 0 Å². The van der Waals surface area contributed by atoms with Crippen molar-refractivity contribution in [1.29, 1.82) is 0 Å². The number of halogens is 2. The Morgan fingerprint density at radius 3 is 2.49 bits per heavy atom. The smallest absolute Gasteiger partial charge is 0.272 e. The zero-order chi connectivity index (χ0) is 24.2. The van der Waals surface area contributed by atoms with Crippen LogP contribution in [0, 0.1) is 11.6 Å². The summed E-state index contributed by atoms with van der Waals surface area (Å²) in [6.45, 7) is 0. The van der Waals surface area contributed by atoms with E-state index in [9.17, 15) is 28.3 Å². The number of fused-ring (bicyclic) bond motifs is 5. The summed E-state index contributed by atoms with van der Waals surface area (Å²) < 4.78 is 33.4. The van der Waals surface area contributed by atoms with E-state index in [-0.39, 0.29) is 50.2 Å². The number of aromatic hydroxyl groups is 1. The third-order valence-electron chi connectivity index (χ3n) is 6.60. The van der Waals surface area contributed by atoms with Gasteiger partial charge in [-0.1, -0.05) is 12.1 Å². The first-order valence-electron chi connectivity index (χ1n) is 10.5. The molecule has 0 saturated carbocycles. The molecular weight excluding hydrogens is 462 g/mol. The topological polar surface area (TPSA) is 129 Å². The number of benzene rings is 3. The predicted octanol–water partition coefficient (Wildman–Crippen LogP) is 3.60. The molecule has 172 valence electrons. The molecule has 0 saturated heterocycles. The van der Waals surface area contributed by atoms with Gasteiger partial charge in [-0.3, -0.25) is 19.3 Å². The number of aromatic amines is 1. The highest BCUT2D eigenvalue weighted by Crippen LogP contribution is 2.50. The summed E-state index contributed by atoms with van der Waals surface area (Å²) in [5.74, 6) is -2.82. The van der Waals surface area contributed by atoms with Crippen LogP contribution in [0.1, 0.15) is 44.1 Å². The number of nitrogens with zero attached hydrogens (tertiary/aromatic N) is 2. The molecule has 7 rings (SSSR count). The summed E-state index contributed by atoms with van der Waals surface area (Å²) in [6, 6.07) is 6.92. The van der Waals surface area contributed by atoms with Crippen LogP contribution in [0.5, 0.6) is 5.75 Å². The van der Waals surface area contributed by atoms with Crippen LogP contribution < -0.4 is 10.9 Å². The van der Waals surface area contributed by atoms with Crippen molar-refractivity contribution >= 4 is 39.4 Å². The van der Waals surface area contributed by atoms with Crippen LogP contribution in [-0.2, 0) is 0 Å². The minimum Gasteiger partial charge on any atom is -0.504 e. The SMILES string of the molecule is O=C1c2c(c3oc2cc3O)C(=O)N1C1c2n[nH]c(=O)c3cc(F)cc(c23)NC1c1ccc(F)cc1. The number of phenols is 1. The van der Waals surface area contributed by atoms with E-state index < -0.39 is 41.1 Å². The number of amides is 2. The molecule has 0 spiro atoms. The minimum absolute atomic E-state index is 0.00823. The lowest BCUT2D eigenvalue weighted by atomic mass is 9.88. The van der Waals surface area contributed by atoms with E-state index in [0.29, 0.717) is 5.56 Å². The summed E-state index contributed by atoms with van der Waals surface area (Å²) in [4.78, 5) is 40.5. The van der Waals surface area contributed by atoms with Gasteiger partial charge in [0.15, 0.2) is 11.3 Å². The second-order valence-electron chi connectivity index (χ2n) is 8.49. The molecule has 2 unspecified atom stereocenters. The van der Waals surface area contributed by atoms with E-state index in [1.807, 2.05) is 0 Å². The molecule has 2 atom stereocenters. The minimum atomic E-state index is -1.11. The molecule has 5 heterocycles. The molecule has 0 aliphatic carbocycles.